The first-order valence-corrected chi connectivity index (χ1v) is 5.16. The van der Waals surface area contributed by atoms with Gasteiger partial charge in [0.1, 0.15) is 11.5 Å². The lowest BCUT2D eigenvalue weighted by atomic mass is 10.3. The van der Waals surface area contributed by atoms with Crippen molar-refractivity contribution in [3.8, 4) is 0 Å². The Kier molecular flexibility index (Phi) is 3.30. The average Bonchev–Trinajstić information content (AvgIpc) is 2.40. The maximum Gasteiger partial charge on any atom is 0.274 e. The summed E-state index contributed by atoms with van der Waals surface area (Å²) < 4.78 is 0. The molecule has 2 N–H and O–H groups in total. The van der Waals surface area contributed by atoms with Gasteiger partial charge in [0, 0.05) is 13.2 Å². The molecular formula is C12H12N4O. The monoisotopic (exact) mass is 228 g/mol. The van der Waals surface area contributed by atoms with Gasteiger partial charge in [0.25, 0.3) is 5.91 Å². The van der Waals surface area contributed by atoms with E-state index >= 15 is 0 Å². The van der Waals surface area contributed by atoms with Crippen LogP contribution in [0.15, 0.2) is 42.7 Å². The fourth-order valence-corrected chi connectivity index (χ4v) is 1.31. The van der Waals surface area contributed by atoms with Crippen molar-refractivity contribution >= 4 is 17.4 Å². The van der Waals surface area contributed by atoms with Crippen molar-refractivity contribution < 1.29 is 4.79 Å². The number of hydrogen-bond acceptors (Lipinski definition) is 4. The molecule has 0 fully saturated rings. The third kappa shape index (κ3) is 2.78. The number of rotatable bonds is 3. The van der Waals surface area contributed by atoms with Crippen LogP contribution in [0.4, 0.5) is 11.5 Å². The smallest absolute Gasteiger partial charge is 0.274 e. The van der Waals surface area contributed by atoms with Gasteiger partial charge >= 0.3 is 0 Å². The molecule has 86 valence electrons. The molecule has 2 aromatic heterocycles. The number of anilines is 2. The Morgan fingerprint density at radius 1 is 1.18 bits per heavy atom. The molecule has 0 saturated carbocycles. The number of hydrogen-bond donors (Lipinski definition) is 2. The van der Waals surface area contributed by atoms with Crippen LogP contribution in [0.2, 0.25) is 0 Å². The van der Waals surface area contributed by atoms with Gasteiger partial charge in [0.2, 0.25) is 0 Å². The van der Waals surface area contributed by atoms with E-state index in [0.29, 0.717) is 11.4 Å². The summed E-state index contributed by atoms with van der Waals surface area (Å²) in [4.78, 5) is 19.8. The summed E-state index contributed by atoms with van der Waals surface area (Å²) in [5.41, 5.74) is 1.02. The number of nitrogens with one attached hydrogen (secondary N) is 2. The molecule has 1 amide bonds. The largest absolute Gasteiger partial charge is 0.373 e. The lowest BCUT2D eigenvalue weighted by molar-refractivity contribution is 0.102. The van der Waals surface area contributed by atoms with Crippen LogP contribution in [-0.2, 0) is 0 Å². The number of aromatic nitrogens is 2. The van der Waals surface area contributed by atoms with E-state index in [2.05, 4.69) is 20.6 Å². The molecule has 5 heteroatoms. The highest BCUT2D eigenvalue weighted by molar-refractivity contribution is 6.02. The van der Waals surface area contributed by atoms with Crippen LogP contribution >= 0.6 is 0 Å². The number of amides is 1. The molecular weight excluding hydrogens is 216 g/mol. The normalized spacial score (nSPS) is 9.71. The first-order chi connectivity index (χ1) is 8.29. The number of pyridine rings is 2. The molecule has 5 nitrogen and oxygen atoms in total. The quantitative estimate of drug-likeness (QED) is 0.840. The number of carbonyl (C=O) groups is 1. The van der Waals surface area contributed by atoms with Gasteiger partial charge in [-0.2, -0.15) is 0 Å². The Morgan fingerprint density at radius 3 is 2.65 bits per heavy atom. The third-order valence-electron chi connectivity index (χ3n) is 2.18. The van der Waals surface area contributed by atoms with Crippen LogP contribution in [0.5, 0.6) is 0 Å². The molecule has 0 radical (unpaired) electrons. The van der Waals surface area contributed by atoms with Gasteiger partial charge in [-0.1, -0.05) is 6.07 Å². The van der Waals surface area contributed by atoms with Crippen molar-refractivity contribution in [3.05, 3.63) is 48.4 Å². The van der Waals surface area contributed by atoms with Gasteiger partial charge in [-0.3, -0.25) is 9.78 Å². The van der Waals surface area contributed by atoms with E-state index in [1.54, 1.807) is 49.8 Å². The molecule has 0 aliphatic rings. The molecule has 0 aliphatic carbocycles. The van der Waals surface area contributed by atoms with Gasteiger partial charge in [-0.25, -0.2) is 4.98 Å². The van der Waals surface area contributed by atoms with Crippen molar-refractivity contribution in [2.75, 3.05) is 17.7 Å². The van der Waals surface area contributed by atoms with E-state index in [-0.39, 0.29) is 5.91 Å². The highest BCUT2D eigenvalue weighted by atomic mass is 16.1. The topological polar surface area (TPSA) is 66.9 Å². The minimum atomic E-state index is -0.246. The van der Waals surface area contributed by atoms with E-state index in [1.165, 1.54) is 0 Å². The molecule has 0 saturated heterocycles. The predicted octanol–water partition coefficient (Wildman–Crippen LogP) is 1.77. The van der Waals surface area contributed by atoms with E-state index in [0.717, 1.165) is 5.82 Å². The van der Waals surface area contributed by atoms with Crippen LogP contribution in [0.3, 0.4) is 0 Å². The minimum absolute atomic E-state index is 0.246. The van der Waals surface area contributed by atoms with E-state index in [4.69, 9.17) is 0 Å². The number of carbonyl (C=O) groups excluding carboxylic acids is 1. The highest BCUT2D eigenvalue weighted by Gasteiger charge is 2.06. The van der Waals surface area contributed by atoms with E-state index in [1.807, 2.05) is 0 Å². The van der Waals surface area contributed by atoms with Crippen LogP contribution in [0.25, 0.3) is 0 Å². The molecule has 0 unspecified atom stereocenters. The minimum Gasteiger partial charge on any atom is -0.373 e. The van der Waals surface area contributed by atoms with Gasteiger partial charge in [0.05, 0.1) is 11.9 Å². The molecule has 0 aromatic carbocycles. The third-order valence-corrected chi connectivity index (χ3v) is 2.18. The predicted molar refractivity (Wildman–Crippen MR) is 66.0 cm³/mol. The fourth-order valence-electron chi connectivity index (χ4n) is 1.31. The maximum atomic E-state index is 11.8. The zero-order chi connectivity index (χ0) is 12.1. The molecule has 17 heavy (non-hydrogen) atoms. The Labute approximate surface area is 98.9 Å². The molecule has 0 aliphatic heterocycles. The van der Waals surface area contributed by atoms with Gasteiger partial charge in [-0.05, 0) is 24.3 Å². The molecule has 0 bridgehead atoms. The molecule has 2 aromatic rings. The SMILES string of the molecule is CNc1ccc(NC(=O)c2ccccn2)cn1. The zero-order valence-corrected chi connectivity index (χ0v) is 9.34. The van der Waals surface area contributed by atoms with Crippen molar-refractivity contribution in [1.29, 1.82) is 0 Å². The standard InChI is InChI=1S/C12H12N4O/c1-13-11-6-5-9(8-15-11)16-12(17)10-4-2-3-7-14-10/h2-8H,1H3,(H,13,15)(H,16,17). The summed E-state index contributed by atoms with van der Waals surface area (Å²) in [6, 6.07) is 8.75. The fraction of sp³-hybridized carbons (Fsp3) is 0.0833. The summed E-state index contributed by atoms with van der Waals surface area (Å²) in [5, 5.41) is 5.62. The van der Waals surface area contributed by atoms with Crippen LogP contribution in [0, 0.1) is 0 Å². The van der Waals surface area contributed by atoms with Crippen molar-refractivity contribution in [1.82, 2.24) is 9.97 Å². The number of nitrogens with zero attached hydrogens (tertiary/aromatic N) is 2. The Balaban J connectivity index is 2.08. The van der Waals surface area contributed by atoms with E-state index < -0.39 is 0 Å². The van der Waals surface area contributed by atoms with E-state index in [9.17, 15) is 4.79 Å². The molecule has 0 atom stereocenters. The lowest BCUT2D eigenvalue weighted by Crippen LogP contribution is -2.13. The Bertz CT molecular complexity index is 496. The molecule has 2 heterocycles. The van der Waals surface area contributed by atoms with Gasteiger partial charge in [-0.15, -0.1) is 0 Å². The van der Waals surface area contributed by atoms with Gasteiger partial charge < -0.3 is 10.6 Å². The molecule has 0 spiro atoms. The average molecular weight is 228 g/mol. The summed E-state index contributed by atoms with van der Waals surface area (Å²) in [6.07, 6.45) is 3.17. The summed E-state index contributed by atoms with van der Waals surface area (Å²) >= 11 is 0. The summed E-state index contributed by atoms with van der Waals surface area (Å²) in [5.74, 6) is 0.505. The van der Waals surface area contributed by atoms with Crippen LogP contribution in [-0.4, -0.2) is 22.9 Å². The van der Waals surface area contributed by atoms with Crippen LogP contribution in [0.1, 0.15) is 10.5 Å². The van der Waals surface area contributed by atoms with Crippen molar-refractivity contribution in [3.63, 3.8) is 0 Å². The Morgan fingerprint density at radius 2 is 2.06 bits per heavy atom. The second kappa shape index (κ2) is 5.07. The summed E-state index contributed by atoms with van der Waals surface area (Å²) in [7, 11) is 1.79. The lowest BCUT2D eigenvalue weighted by Gasteiger charge is -2.05. The van der Waals surface area contributed by atoms with Gasteiger partial charge in [0.15, 0.2) is 0 Å². The van der Waals surface area contributed by atoms with Crippen molar-refractivity contribution in [2.24, 2.45) is 0 Å². The summed E-state index contributed by atoms with van der Waals surface area (Å²) in [6.45, 7) is 0. The van der Waals surface area contributed by atoms with Crippen LogP contribution < -0.4 is 10.6 Å². The first kappa shape index (κ1) is 11.1. The highest BCUT2D eigenvalue weighted by Crippen LogP contribution is 2.10. The second-order valence-electron chi connectivity index (χ2n) is 3.35. The maximum absolute atomic E-state index is 11.8. The zero-order valence-electron chi connectivity index (χ0n) is 9.34. The second-order valence-corrected chi connectivity index (χ2v) is 3.35. The molecule has 2 rings (SSSR count). The Hall–Kier alpha value is -2.43. The van der Waals surface area contributed by atoms with Crippen molar-refractivity contribution in [2.45, 2.75) is 0 Å². The first-order valence-electron chi connectivity index (χ1n) is 5.16.